The summed E-state index contributed by atoms with van der Waals surface area (Å²) in [6, 6.07) is 3.47. The van der Waals surface area contributed by atoms with Gasteiger partial charge in [-0.05, 0) is 64.0 Å². The molecule has 3 heterocycles. The number of benzene rings is 1. The molecule has 3 aliphatic rings. The first-order valence-electron chi connectivity index (χ1n) is 11.6. The number of piperidine rings is 2. The minimum Gasteiger partial charge on any atom is -0.479 e. The number of sulfonamides is 1. The number of likely N-dealkylation sites (tertiary alicyclic amines) is 1. The first-order valence-corrected chi connectivity index (χ1v) is 13.1. The highest BCUT2D eigenvalue weighted by atomic mass is 32.2. The van der Waals surface area contributed by atoms with Crippen molar-refractivity contribution in [3.8, 4) is 5.75 Å². The predicted molar refractivity (Wildman–Crippen MR) is 121 cm³/mol. The van der Waals surface area contributed by atoms with Gasteiger partial charge in [0, 0.05) is 37.7 Å². The zero-order valence-electron chi connectivity index (χ0n) is 19.1. The van der Waals surface area contributed by atoms with Crippen molar-refractivity contribution < 1.29 is 22.7 Å². The zero-order chi connectivity index (χ0) is 23.0. The van der Waals surface area contributed by atoms with Crippen molar-refractivity contribution in [2.24, 2.45) is 5.92 Å². The summed E-state index contributed by atoms with van der Waals surface area (Å²) in [5, 5.41) is 2.75. The summed E-state index contributed by atoms with van der Waals surface area (Å²) in [5.74, 6) is 0.189. The molecule has 0 radical (unpaired) electrons. The summed E-state index contributed by atoms with van der Waals surface area (Å²) in [5.41, 5.74) is 1.04. The molecule has 0 saturated carbocycles. The van der Waals surface area contributed by atoms with Crippen LogP contribution in [0.2, 0.25) is 0 Å². The van der Waals surface area contributed by atoms with Gasteiger partial charge in [0.2, 0.25) is 15.9 Å². The lowest BCUT2D eigenvalue weighted by Crippen LogP contribution is -2.49. The number of carbonyl (C=O) groups excluding carboxylic acids is 2. The van der Waals surface area contributed by atoms with E-state index in [1.807, 2.05) is 4.90 Å². The molecule has 0 spiro atoms. The topological polar surface area (TPSA) is 96.0 Å². The maximum absolute atomic E-state index is 13.4. The van der Waals surface area contributed by atoms with E-state index in [0.29, 0.717) is 49.0 Å². The van der Waals surface area contributed by atoms with Gasteiger partial charge in [-0.15, -0.1) is 0 Å². The lowest BCUT2D eigenvalue weighted by molar-refractivity contribution is -0.140. The average molecular weight is 464 g/mol. The summed E-state index contributed by atoms with van der Waals surface area (Å²) in [6.45, 7) is 6.94. The van der Waals surface area contributed by atoms with Crippen molar-refractivity contribution in [2.45, 2.75) is 76.3 Å². The quantitative estimate of drug-likeness (QED) is 0.741. The Morgan fingerprint density at radius 3 is 2.56 bits per heavy atom. The van der Waals surface area contributed by atoms with E-state index in [-0.39, 0.29) is 22.6 Å². The Balaban J connectivity index is 1.47. The summed E-state index contributed by atoms with van der Waals surface area (Å²) in [6.07, 6.45) is 4.66. The van der Waals surface area contributed by atoms with Gasteiger partial charge in [-0.2, -0.15) is 4.31 Å². The Kier molecular flexibility index (Phi) is 6.49. The maximum Gasteiger partial charge on any atom is 0.265 e. The third-order valence-electron chi connectivity index (χ3n) is 7.01. The van der Waals surface area contributed by atoms with Crippen LogP contribution in [0.3, 0.4) is 0 Å². The lowest BCUT2D eigenvalue weighted by atomic mass is 9.92. The van der Waals surface area contributed by atoms with Gasteiger partial charge in [0.15, 0.2) is 6.10 Å². The molecular formula is C23H33N3O5S. The first-order chi connectivity index (χ1) is 15.2. The molecule has 1 aromatic carbocycles. The number of amides is 2. The standard InChI is InChI=1S/C23H33N3O5S/c1-4-18-7-5-6-10-26(18)23(28)17-8-11-25(12-9-17)32(29,30)21-14-20-19(13-15(21)2)24-22(27)16(3)31-20/h13-14,16-18H,4-12H2,1-3H3,(H,24,27)/t16-,18-/m0/s1. The lowest BCUT2D eigenvalue weighted by Gasteiger charge is -2.39. The maximum atomic E-state index is 13.4. The first kappa shape index (κ1) is 23.0. The Hall–Kier alpha value is -2.13. The van der Waals surface area contributed by atoms with Crippen LogP contribution in [-0.4, -0.2) is 61.2 Å². The van der Waals surface area contributed by atoms with Crippen molar-refractivity contribution in [1.82, 2.24) is 9.21 Å². The largest absolute Gasteiger partial charge is 0.479 e. The second kappa shape index (κ2) is 9.02. The van der Waals surface area contributed by atoms with Crippen molar-refractivity contribution in [3.05, 3.63) is 17.7 Å². The van der Waals surface area contributed by atoms with Crippen LogP contribution in [0, 0.1) is 12.8 Å². The van der Waals surface area contributed by atoms with Crippen LogP contribution in [0.4, 0.5) is 5.69 Å². The molecule has 2 atom stereocenters. The van der Waals surface area contributed by atoms with Gasteiger partial charge in [0.05, 0.1) is 10.6 Å². The molecule has 32 heavy (non-hydrogen) atoms. The molecule has 9 heteroatoms. The van der Waals surface area contributed by atoms with Crippen LogP contribution >= 0.6 is 0 Å². The second-order valence-electron chi connectivity index (χ2n) is 9.13. The third kappa shape index (κ3) is 4.24. The number of rotatable bonds is 4. The van der Waals surface area contributed by atoms with E-state index < -0.39 is 16.1 Å². The van der Waals surface area contributed by atoms with E-state index in [1.165, 1.54) is 16.8 Å². The van der Waals surface area contributed by atoms with Crippen LogP contribution in [-0.2, 0) is 19.6 Å². The molecule has 8 nitrogen and oxygen atoms in total. The third-order valence-corrected chi connectivity index (χ3v) is 9.05. The number of nitrogens with one attached hydrogen (secondary N) is 1. The molecule has 1 aromatic rings. The van der Waals surface area contributed by atoms with Crippen LogP contribution in [0.15, 0.2) is 17.0 Å². The number of ether oxygens (including phenoxy) is 1. The summed E-state index contributed by atoms with van der Waals surface area (Å²) < 4.78 is 33.9. The van der Waals surface area contributed by atoms with Gasteiger partial charge < -0.3 is 15.0 Å². The fourth-order valence-corrected chi connectivity index (χ4v) is 6.74. The van der Waals surface area contributed by atoms with Gasteiger partial charge in [0.25, 0.3) is 5.91 Å². The molecule has 1 N–H and O–H groups in total. The molecule has 0 unspecified atom stereocenters. The molecule has 176 valence electrons. The molecule has 4 rings (SSSR count). The number of aryl methyl sites for hydroxylation is 1. The van der Waals surface area contributed by atoms with Gasteiger partial charge >= 0.3 is 0 Å². The van der Waals surface area contributed by atoms with Gasteiger partial charge in [0.1, 0.15) is 5.75 Å². The number of nitrogens with zero attached hydrogens (tertiary/aromatic N) is 2. The fourth-order valence-electron chi connectivity index (χ4n) is 5.05. The van der Waals surface area contributed by atoms with Gasteiger partial charge in [-0.25, -0.2) is 8.42 Å². The van der Waals surface area contributed by atoms with Crippen LogP contribution in [0.25, 0.3) is 0 Å². The smallest absolute Gasteiger partial charge is 0.265 e. The molecule has 3 aliphatic heterocycles. The molecule has 2 saturated heterocycles. The average Bonchev–Trinajstić information content (AvgIpc) is 2.79. The minimum absolute atomic E-state index is 0.113. The van der Waals surface area contributed by atoms with Crippen molar-refractivity contribution in [2.75, 3.05) is 25.0 Å². The van der Waals surface area contributed by atoms with E-state index in [9.17, 15) is 18.0 Å². The Morgan fingerprint density at radius 1 is 1.16 bits per heavy atom. The summed E-state index contributed by atoms with van der Waals surface area (Å²) >= 11 is 0. The highest BCUT2D eigenvalue weighted by molar-refractivity contribution is 7.89. The zero-order valence-corrected chi connectivity index (χ0v) is 19.9. The Labute approximate surface area is 190 Å². The molecular weight excluding hydrogens is 430 g/mol. The van der Waals surface area contributed by atoms with E-state index in [4.69, 9.17) is 4.74 Å². The van der Waals surface area contributed by atoms with Crippen molar-refractivity contribution in [1.29, 1.82) is 0 Å². The van der Waals surface area contributed by atoms with E-state index in [2.05, 4.69) is 12.2 Å². The van der Waals surface area contributed by atoms with Gasteiger partial charge in [-0.1, -0.05) is 6.92 Å². The predicted octanol–water partition coefficient (Wildman–Crippen LogP) is 2.91. The molecule has 0 aliphatic carbocycles. The summed E-state index contributed by atoms with van der Waals surface area (Å²) in [7, 11) is -3.73. The van der Waals surface area contributed by atoms with Crippen LogP contribution < -0.4 is 10.1 Å². The molecule has 2 fully saturated rings. The molecule has 0 bridgehead atoms. The second-order valence-corrected chi connectivity index (χ2v) is 11.0. The fraction of sp³-hybridized carbons (Fsp3) is 0.652. The Bertz CT molecular complexity index is 1000. The van der Waals surface area contributed by atoms with Crippen LogP contribution in [0.5, 0.6) is 5.75 Å². The highest BCUT2D eigenvalue weighted by Gasteiger charge is 2.37. The normalized spacial score (nSPS) is 25.1. The number of hydrogen-bond donors (Lipinski definition) is 1. The molecule has 0 aromatic heterocycles. The highest BCUT2D eigenvalue weighted by Crippen LogP contribution is 2.36. The summed E-state index contributed by atoms with van der Waals surface area (Å²) in [4.78, 5) is 27.2. The van der Waals surface area contributed by atoms with Crippen molar-refractivity contribution >= 4 is 27.5 Å². The SMILES string of the molecule is CC[C@H]1CCCCN1C(=O)C1CCN(S(=O)(=O)c2cc3c(cc2C)NC(=O)[C@H](C)O3)CC1. The number of fused-ring (bicyclic) bond motifs is 1. The van der Waals surface area contributed by atoms with Crippen molar-refractivity contribution in [3.63, 3.8) is 0 Å². The Morgan fingerprint density at radius 2 is 1.88 bits per heavy atom. The van der Waals surface area contributed by atoms with Gasteiger partial charge in [-0.3, -0.25) is 9.59 Å². The minimum atomic E-state index is -3.73. The molecule has 2 amide bonds. The van der Waals surface area contributed by atoms with E-state index in [1.54, 1.807) is 19.9 Å². The number of carbonyl (C=O) groups is 2. The monoisotopic (exact) mass is 463 g/mol. The number of anilines is 1. The van der Waals surface area contributed by atoms with E-state index in [0.717, 1.165) is 25.8 Å². The van der Waals surface area contributed by atoms with Crippen LogP contribution in [0.1, 0.15) is 57.9 Å². The van der Waals surface area contributed by atoms with E-state index >= 15 is 0 Å². The number of hydrogen-bond acceptors (Lipinski definition) is 5.